The summed E-state index contributed by atoms with van der Waals surface area (Å²) in [7, 11) is 1.68. The fourth-order valence-electron chi connectivity index (χ4n) is 1.13. The van der Waals surface area contributed by atoms with Gasteiger partial charge in [-0.1, -0.05) is 11.6 Å². The number of pyridine rings is 1. The van der Waals surface area contributed by atoms with Gasteiger partial charge in [0.15, 0.2) is 6.61 Å². The third-order valence-corrected chi connectivity index (χ3v) is 2.08. The summed E-state index contributed by atoms with van der Waals surface area (Å²) in [6.45, 7) is 0.0246. The first-order valence-corrected chi connectivity index (χ1v) is 4.12. The normalized spacial score (nSPS) is 15.2. The Kier molecular flexibility index (Phi) is 1.84. The molecule has 1 aliphatic rings. The molecule has 0 N–H and O–H groups in total. The van der Waals surface area contributed by atoms with Gasteiger partial charge in [-0.05, 0) is 12.1 Å². The minimum Gasteiger partial charge on any atom is -0.466 e. The number of aromatic nitrogens is 1. The first kappa shape index (κ1) is 8.31. The third kappa shape index (κ3) is 1.33. The number of ether oxygens (including phenoxy) is 1. The van der Waals surface area contributed by atoms with E-state index in [1.165, 1.54) is 4.90 Å². The Hall–Kier alpha value is -1.29. The quantitative estimate of drug-likeness (QED) is 0.586. The van der Waals surface area contributed by atoms with Crippen molar-refractivity contribution in [2.75, 3.05) is 18.6 Å². The van der Waals surface area contributed by atoms with Gasteiger partial charge in [0.2, 0.25) is 5.88 Å². The molecule has 1 aromatic rings. The SMILES string of the molecule is CN1C(=O)COc2nc(Cl)ccc21. The molecule has 5 heteroatoms. The molecule has 2 rings (SSSR count). The summed E-state index contributed by atoms with van der Waals surface area (Å²) >= 11 is 5.67. The maximum atomic E-state index is 11.2. The fraction of sp³-hybridized carbons (Fsp3) is 0.250. The van der Waals surface area contributed by atoms with Crippen molar-refractivity contribution in [1.29, 1.82) is 0 Å². The number of hydrogen-bond acceptors (Lipinski definition) is 3. The second-order valence-corrected chi connectivity index (χ2v) is 3.09. The minimum absolute atomic E-state index is 0.0246. The van der Waals surface area contributed by atoms with Crippen molar-refractivity contribution in [3.05, 3.63) is 17.3 Å². The lowest BCUT2D eigenvalue weighted by molar-refractivity contribution is -0.121. The highest BCUT2D eigenvalue weighted by atomic mass is 35.5. The Balaban J connectivity index is 2.49. The predicted molar refractivity (Wildman–Crippen MR) is 48.2 cm³/mol. The van der Waals surface area contributed by atoms with Gasteiger partial charge in [0.1, 0.15) is 10.8 Å². The predicted octanol–water partition coefficient (Wildman–Crippen LogP) is 1.09. The molecule has 2 heterocycles. The van der Waals surface area contributed by atoms with Crippen LogP contribution in [-0.4, -0.2) is 24.5 Å². The van der Waals surface area contributed by atoms with E-state index in [1.54, 1.807) is 19.2 Å². The van der Waals surface area contributed by atoms with Gasteiger partial charge in [-0.15, -0.1) is 0 Å². The first-order valence-electron chi connectivity index (χ1n) is 3.74. The van der Waals surface area contributed by atoms with Gasteiger partial charge in [0.25, 0.3) is 5.91 Å². The molecule has 0 saturated carbocycles. The third-order valence-electron chi connectivity index (χ3n) is 1.87. The van der Waals surface area contributed by atoms with Gasteiger partial charge in [0, 0.05) is 7.05 Å². The average molecular weight is 199 g/mol. The summed E-state index contributed by atoms with van der Waals surface area (Å²) in [6.07, 6.45) is 0. The molecular formula is C8H7ClN2O2. The standard InChI is InChI=1S/C8H7ClN2O2/c1-11-5-2-3-6(9)10-8(5)13-4-7(11)12/h2-3H,4H2,1H3. The van der Waals surface area contributed by atoms with Crippen LogP contribution in [0.5, 0.6) is 5.88 Å². The topological polar surface area (TPSA) is 42.4 Å². The van der Waals surface area contributed by atoms with Crippen LogP contribution in [0.4, 0.5) is 5.69 Å². The molecule has 0 saturated heterocycles. The second kappa shape index (κ2) is 2.88. The Labute approximate surface area is 80.1 Å². The van der Waals surface area contributed by atoms with Crippen LogP contribution in [-0.2, 0) is 4.79 Å². The summed E-state index contributed by atoms with van der Waals surface area (Å²) in [6, 6.07) is 3.33. The lowest BCUT2D eigenvalue weighted by atomic mass is 10.3. The van der Waals surface area contributed by atoms with Crippen molar-refractivity contribution in [3.8, 4) is 5.88 Å². The van der Waals surface area contributed by atoms with Gasteiger partial charge >= 0.3 is 0 Å². The summed E-state index contributed by atoms with van der Waals surface area (Å²) in [5, 5.41) is 0.362. The molecule has 1 aromatic heterocycles. The van der Waals surface area contributed by atoms with E-state index < -0.39 is 0 Å². The van der Waals surface area contributed by atoms with Gasteiger partial charge in [-0.2, -0.15) is 4.98 Å². The number of carbonyl (C=O) groups excluding carboxylic acids is 1. The zero-order valence-electron chi connectivity index (χ0n) is 6.95. The number of amides is 1. The highest BCUT2D eigenvalue weighted by Crippen LogP contribution is 2.29. The van der Waals surface area contributed by atoms with E-state index in [0.29, 0.717) is 16.7 Å². The maximum Gasteiger partial charge on any atom is 0.264 e. The molecule has 0 spiro atoms. The van der Waals surface area contributed by atoms with Crippen molar-refractivity contribution < 1.29 is 9.53 Å². The van der Waals surface area contributed by atoms with Crippen LogP contribution >= 0.6 is 11.6 Å². The monoisotopic (exact) mass is 198 g/mol. The van der Waals surface area contributed by atoms with E-state index in [4.69, 9.17) is 16.3 Å². The summed E-state index contributed by atoms with van der Waals surface area (Å²) in [5.41, 5.74) is 0.653. The van der Waals surface area contributed by atoms with E-state index >= 15 is 0 Å². The largest absolute Gasteiger partial charge is 0.466 e. The molecule has 0 atom stereocenters. The Morgan fingerprint density at radius 2 is 2.38 bits per heavy atom. The van der Waals surface area contributed by atoms with E-state index in [-0.39, 0.29) is 12.5 Å². The maximum absolute atomic E-state index is 11.2. The highest BCUT2D eigenvalue weighted by molar-refractivity contribution is 6.29. The molecule has 0 bridgehead atoms. The number of halogens is 1. The number of anilines is 1. The van der Waals surface area contributed by atoms with E-state index in [0.717, 1.165) is 0 Å². The summed E-state index contributed by atoms with van der Waals surface area (Å²) < 4.78 is 5.10. The lowest BCUT2D eigenvalue weighted by Crippen LogP contribution is -2.35. The molecule has 4 nitrogen and oxygen atoms in total. The zero-order valence-corrected chi connectivity index (χ0v) is 7.71. The number of rotatable bonds is 0. The summed E-state index contributed by atoms with van der Waals surface area (Å²) in [4.78, 5) is 16.6. The number of nitrogens with zero attached hydrogens (tertiary/aromatic N) is 2. The first-order chi connectivity index (χ1) is 6.18. The molecule has 13 heavy (non-hydrogen) atoms. The van der Waals surface area contributed by atoms with Crippen molar-refractivity contribution in [1.82, 2.24) is 4.98 Å². The number of fused-ring (bicyclic) bond motifs is 1. The average Bonchev–Trinajstić information content (AvgIpc) is 2.12. The van der Waals surface area contributed by atoms with Crippen LogP contribution in [0.1, 0.15) is 0 Å². The van der Waals surface area contributed by atoms with Crippen molar-refractivity contribution in [3.63, 3.8) is 0 Å². The van der Waals surface area contributed by atoms with Crippen molar-refractivity contribution >= 4 is 23.2 Å². The summed E-state index contributed by atoms with van der Waals surface area (Å²) in [5.74, 6) is 0.325. The molecule has 68 valence electrons. The smallest absolute Gasteiger partial charge is 0.264 e. The van der Waals surface area contributed by atoms with Gasteiger partial charge in [0.05, 0.1) is 0 Å². The van der Waals surface area contributed by atoms with E-state index in [2.05, 4.69) is 4.98 Å². The molecule has 0 aromatic carbocycles. The molecule has 1 amide bonds. The molecule has 0 aliphatic carbocycles. The second-order valence-electron chi connectivity index (χ2n) is 2.70. The van der Waals surface area contributed by atoms with E-state index in [1.807, 2.05) is 0 Å². The number of hydrogen-bond donors (Lipinski definition) is 0. The van der Waals surface area contributed by atoms with Crippen LogP contribution < -0.4 is 9.64 Å². The van der Waals surface area contributed by atoms with Crippen LogP contribution in [0.2, 0.25) is 5.15 Å². The highest BCUT2D eigenvalue weighted by Gasteiger charge is 2.23. The number of likely N-dealkylation sites (N-methyl/N-ethyl adjacent to an activating group) is 1. The minimum atomic E-state index is -0.0865. The molecule has 0 radical (unpaired) electrons. The molecule has 0 unspecified atom stereocenters. The van der Waals surface area contributed by atoms with Crippen LogP contribution in [0, 0.1) is 0 Å². The number of carbonyl (C=O) groups is 1. The fourth-order valence-corrected chi connectivity index (χ4v) is 1.27. The van der Waals surface area contributed by atoms with Gasteiger partial charge in [-0.3, -0.25) is 4.79 Å². The molecule has 0 fully saturated rings. The van der Waals surface area contributed by atoms with Gasteiger partial charge < -0.3 is 9.64 Å². The van der Waals surface area contributed by atoms with Crippen LogP contribution in [0.3, 0.4) is 0 Å². The van der Waals surface area contributed by atoms with E-state index in [9.17, 15) is 4.79 Å². The van der Waals surface area contributed by atoms with Crippen molar-refractivity contribution in [2.45, 2.75) is 0 Å². The van der Waals surface area contributed by atoms with Gasteiger partial charge in [-0.25, -0.2) is 0 Å². The van der Waals surface area contributed by atoms with Crippen LogP contribution in [0.15, 0.2) is 12.1 Å². The molecule has 1 aliphatic heterocycles. The van der Waals surface area contributed by atoms with Crippen LogP contribution in [0.25, 0.3) is 0 Å². The Morgan fingerprint density at radius 3 is 3.15 bits per heavy atom. The molecular weight excluding hydrogens is 192 g/mol. The Bertz CT molecular complexity index is 367. The van der Waals surface area contributed by atoms with Crippen molar-refractivity contribution in [2.24, 2.45) is 0 Å². The zero-order chi connectivity index (χ0) is 9.42. The Morgan fingerprint density at radius 1 is 1.62 bits per heavy atom. The lowest BCUT2D eigenvalue weighted by Gasteiger charge is -2.24.